The quantitative estimate of drug-likeness (QED) is 0.606. The van der Waals surface area contributed by atoms with Gasteiger partial charge in [0.25, 0.3) is 0 Å². The van der Waals surface area contributed by atoms with Gasteiger partial charge < -0.3 is 4.74 Å². The molecule has 6 heteroatoms. The fraction of sp³-hybridized carbons (Fsp3) is 0.462. The van der Waals surface area contributed by atoms with E-state index in [1.54, 1.807) is 6.92 Å². The van der Waals surface area contributed by atoms with Crippen LogP contribution in [0, 0.1) is 11.7 Å². The van der Waals surface area contributed by atoms with Crippen LogP contribution in [0.15, 0.2) is 18.2 Å². The normalized spacial score (nSPS) is 13.4. The Bertz CT molecular complexity index is 454. The zero-order valence-electron chi connectivity index (χ0n) is 10.6. The van der Waals surface area contributed by atoms with Gasteiger partial charge in [0.15, 0.2) is 5.78 Å². The number of carbonyl (C=O) groups is 1. The van der Waals surface area contributed by atoms with Crippen molar-refractivity contribution in [3.63, 3.8) is 0 Å². The van der Waals surface area contributed by atoms with Crippen molar-refractivity contribution in [2.75, 3.05) is 13.7 Å². The Morgan fingerprint density at radius 3 is 2.47 bits per heavy atom. The van der Waals surface area contributed by atoms with Gasteiger partial charge in [-0.05, 0) is 18.1 Å². The Kier molecular flexibility index (Phi) is 5.05. The molecule has 0 amide bonds. The van der Waals surface area contributed by atoms with Crippen molar-refractivity contribution in [1.82, 2.24) is 0 Å². The summed E-state index contributed by atoms with van der Waals surface area (Å²) in [6, 6.07) is 2.21. The fourth-order valence-corrected chi connectivity index (χ4v) is 1.70. The summed E-state index contributed by atoms with van der Waals surface area (Å²) in [6.07, 6.45) is -4.66. The van der Waals surface area contributed by atoms with Crippen molar-refractivity contribution in [3.8, 4) is 0 Å². The summed E-state index contributed by atoms with van der Waals surface area (Å²) in [5.41, 5.74) is -1.43. The number of ketones is 1. The smallest absolute Gasteiger partial charge is 0.384 e. The van der Waals surface area contributed by atoms with Gasteiger partial charge in [-0.25, -0.2) is 4.39 Å². The van der Waals surface area contributed by atoms with Crippen LogP contribution in [0.4, 0.5) is 17.6 Å². The molecular weight excluding hydrogens is 264 g/mol. The van der Waals surface area contributed by atoms with E-state index < -0.39 is 23.3 Å². The van der Waals surface area contributed by atoms with Crippen molar-refractivity contribution in [3.05, 3.63) is 35.1 Å². The predicted octanol–water partition coefficient (Wildman–Crippen LogP) is 3.70. The molecule has 0 saturated carbocycles. The Labute approximate surface area is 108 Å². The highest BCUT2D eigenvalue weighted by Gasteiger charge is 2.34. The van der Waals surface area contributed by atoms with Crippen LogP contribution >= 0.6 is 0 Å². The average molecular weight is 278 g/mol. The van der Waals surface area contributed by atoms with Crippen molar-refractivity contribution in [2.45, 2.75) is 19.5 Å². The van der Waals surface area contributed by atoms with Crippen molar-refractivity contribution >= 4 is 5.78 Å². The van der Waals surface area contributed by atoms with E-state index in [1.165, 1.54) is 7.11 Å². The number of hydrogen-bond acceptors (Lipinski definition) is 2. The standard InChI is InChI=1S/C13H14F4O2/c1-8(7-19-2)5-12(18)9-3-4-10(11(14)6-9)13(15,16)17/h3-4,6,8H,5,7H2,1-2H3. The number of rotatable bonds is 5. The Morgan fingerprint density at radius 1 is 1.37 bits per heavy atom. The molecule has 1 atom stereocenters. The Balaban J connectivity index is 2.86. The zero-order valence-corrected chi connectivity index (χ0v) is 10.6. The molecule has 1 unspecified atom stereocenters. The summed E-state index contributed by atoms with van der Waals surface area (Å²) in [5, 5.41) is 0. The lowest BCUT2D eigenvalue weighted by Crippen LogP contribution is -2.13. The van der Waals surface area contributed by atoms with Crippen LogP contribution in [0.1, 0.15) is 29.3 Å². The van der Waals surface area contributed by atoms with Gasteiger partial charge in [-0.3, -0.25) is 4.79 Å². The second kappa shape index (κ2) is 6.14. The van der Waals surface area contributed by atoms with Gasteiger partial charge in [-0.1, -0.05) is 13.0 Å². The topological polar surface area (TPSA) is 26.3 Å². The number of ether oxygens (including phenoxy) is 1. The number of hydrogen-bond donors (Lipinski definition) is 0. The summed E-state index contributed by atoms with van der Waals surface area (Å²) >= 11 is 0. The molecule has 19 heavy (non-hydrogen) atoms. The van der Waals surface area contributed by atoms with Gasteiger partial charge in [0.2, 0.25) is 0 Å². The molecule has 0 spiro atoms. The van der Waals surface area contributed by atoms with E-state index in [0.717, 1.165) is 6.07 Å². The monoisotopic (exact) mass is 278 g/mol. The predicted molar refractivity (Wildman–Crippen MR) is 61.4 cm³/mol. The van der Waals surface area contributed by atoms with E-state index >= 15 is 0 Å². The highest BCUT2D eigenvalue weighted by atomic mass is 19.4. The number of halogens is 4. The highest BCUT2D eigenvalue weighted by Crippen LogP contribution is 2.31. The van der Waals surface area contributed by atoms with Gasteiger partial charge in [0.1, 0.15) is 5.82 Å². The molecule has 106 valence electrons. The van der Waals surface area contributed by atoms with Crippen LogP contribution in [0.5, 0.6) is 0 Å². The molecular formula is C13H14F4O2. The lowest BCUT2D eigenvalue weighted by atomic mass is 9.99. The van der Waals surface area contributed by atoms with Gasteiger partial charge in [-0.2, -0.15) is 13.2 Å². The SMILES string of the molecule is COCC(C)CC(=O)c1ccc(C(F)(F)F)c(F)c1. The first-order valence-electron chi connectivity index (χ1n) is 5.64. The molecule has 0 aliphatic carbocycles. The first kappa shape index (κ1) is 15.6. The second-order valence-electron chi connectivity index (χ2n) is 4.38. The average Bonchev–Trinajstić information content (AvgIpc) is 2.27. The third kappa shape index (κ3) is 4.31. The number of benzene rings is 1. The fourth-order valence-electron chi connectivity index (χ4n) is 1.70. The van der Waals surface area contributed by atoms with E-state index in [4.69, 9.17) is 4.74 Å². The summed E-state index contributed by atoms with van der Waals surface area (Å²) in [4.78, 5) is 11.7. The molecule has 1 aromatic carbocycles. The van der Waals surface area contributed by atoms with Gasteiger partial charge in [0.05, 0.1) is 5.56 Å². The minimum atomic E-state index is -4.75. The molecule has 1 rings (SSSR count). The van der Waals surface area contributed by atoms with Crippen LogP contribution in [0.2, 0.25) is 0 Å². The number of Topliss-reactive ketones (excluding diaryl/α,β-unsaturated/α-hetero) is 1. The van der Waals surface area contributed by atoms with Crippen molar-refractivity contribution in [1.29, 1.82) is 0 Å². The molecule has 0 radical (unpaired) electrons. The van der Waals surface area contributed by atoms with Crippen LogP contribution in [0.3, 0.4) is 0 Å². The first-order chi connectivity index (χ1) is 8.75. The molecule has 0 aliphatic heterocycles. The van der Waals surface area contributed by atoms with Gasteiger partial charge in [0, 0.05) is 25.7 Å². The minimum absolute atomic E-state index is 0.0616. The first-order valence-corrected chi connectivity index (χ1v) is 5.64. The van der Waals surface area contributed by atoms with Crippen molar-refractivity contribution in [2.24, 2.45) is 5.92 Å². The number of methoxy groups -OCH3 is 1. The van der Waals surface area contributed by atoms with E-state index in [0.29, 0.717) is 18.7 Å². The maximum Gasteiger partial charge on any atom is 0.419 e. The van der Waals surface area contributed by atoms with Gasteiger partial charge >= 0.3 is 6.18 Å². The summed E-state index contributed by atoms with van der Waals surface area (Å²) in [6.45, 7) is 2.12. The Hall–Kier alpha value is -1.43. The minimum Gasteiger partial charge on any atom is -0.384 e. The molecule has 0 fully saturated rings. The van der Waals surface area contributed by atoms with Crippen LogP contribution in [-0.2, 0) is 10.9 Å². The van der Waals surface area contributed by atoms with E-state index in [1.807, 2.05) is 0 Å². The maximum atomic E-state index is 13.3. The summed E-state index contributed by atoms with van der Waals surface area (Å²) in [7, 11) is 1.48. The molecule has 0 N–H and O–H groups in total. The maximum absolute atomic E-state index is 13.3. The molecule has 0 bridgehead atoms. The summed E-state index contributed by atoms with van der Waals surface area (Å²) < 4.78 is 55.2. The van der Waals surface area contributed by atoms with E-state index in [-0.39, 0.29) is 17.9 Å². The second-order valence-corrected chi connectivity index (χ2v) is 4.38. The highest BCUT2D eigenvalue weighted by molar-refractivity contribution is 5.96. The molecule has 0 heterocycles. The van der Waals surface area contributed by atoms with E-state index in [9.17, 15) is 22.4 Å². The third-order valence-corrected chi connectivity index (χ3v) is 2.58. The molecule has 0 aliphatic rings. The molecule has 1 aromatic rings. The third-order valence-electron chi connectivity index (χ3n) is 2.58. The van der Waals surface area contributed by atoms with E-state index in [2.05, 4.69) is 0 Å². The summed E-state index contributed by atoms with van der Waals surface area (Å²) in [5.74, 6) is -1.92. The lowest BCUT2D eigenvalue weighted by Gasteiger charge is -2.11. The Morgan fingerprint density at radius 2 is 2.00 bits per heavy atom. The zero-order chi connectivity index (χ0) is 14.6. The van der Waals surface area contributed by atoms with Crippen LogP contribution < -0.4 is 0 Å². The molecule has 0 saturated heterocycles. The molecule has 2 nitrogen and oxygen atoms in total. The van der Waals surface area contributed by atoms with Crippen LogP contribution in [-0.4, -0.2) is 19.5 Å². The number of alkyl halides is 3. The van der Waals surface area contributed by atoms with Gasteiger partial charge in [-0.15, -0.1) is 0 Å². The molecule has 0 aromatic heterocycles. The lowest BCUT2D eigenvalue weighted by molar-refractivity contribution is -0.140. The van der Waals surface area contributed by atoms with Crippen LogP contribution in [0.25, 0.3) is 0 Å². The number of carbonyl (C=O) groups excluding carboxylic acids is 1. The largest absolute Gasteiger partial charge is 0.419 e. The van der Waals surface area contributed by atoms with Crippen molar-refractivity contribution < 1.29 is 27.1 Å².